The summed E-state index contributed by atoms with van der Waals surface area (Å²) in [5.74, 6) is -1.37. The first-order chi connectivity index (χ1) is 10.3. The second kappa shape index (κ2) is 9.85. The number of carbonyl (C=O) groups is 4. The van der Waals surface area contributed by atoms with Crippen LogP contribution in [0.5, 0.6) is 0 Å². The molecule has 3 amide bonds. The first-order valence-electron chi connectivity index (χ1n) is 5.79. The summed E-state index contributed by atoms with van der Waals surface area (Å²) in [4.78, 5) is 44.3. The van der Waals surface area contributed by atoms with Gasteiger partial charge >= 0.3 is 24.2 Å². The maximum atomic E-state index is 11.2. The topological polar surface area (TPSA) is 152 Å². The van der Waals surface area contributed by atoms with E-state index < -0.39 is 30.3 Å². The summed E-state index contributed by atoms with van der Waals surface area (Å²) in [6.45, 7) is 0. The van der Waals surface area contributed by atoms with E-state index in [9.17, 15) is 19.2 Å². The number of carboxylic acid groups (broad SMARTS) is 1. The van der Waals surface area contributed by atoms with Gasteiger partial charge in [-0.15, -0.1) is 0 Å². The Morgan fingerprint density at radius 1 is 1.00 bits per heavy atom. The predicted octanol–water partition coefficient (Wildman–Crippen LogP) is -0.261. The van der Waals surface area contributed by atoms with Crippen LogP contribution in [-0.4, -0.2) is 56.7 Å². The van der Waals surface area contributed by atoms with Crippen LogP contribution in [0.2, 0.25) is 0 Å². The van der Waals surface area contributed by atoms with E-state index in [2.05, 4.69) is 30.2 Å². The molecule has 0 saturated carbocycles. The van der Waals surface area contributed by atoms with Crippen LogP contribution in [0.3, 0.4) is 0 Å². The van der Waals surface area contributed by atoms with Crippen LogP contribution >= 0.6 is 0 Å². The Morgan fingerprint density at radius 3 is 2.00 bits per heavy atom. The third-order valence-corrected chi connectivity index (χ3v) is 2.20. The van der Waals surface area contributed by atoms with Crippen molar-refractivity contribution in [3.63, 3.8) is 0 Å². The van der Waals surface area contributed by atoms with Crippen LogP contribution < -0.4 is 16.0 Å². The van der Waals surface area contributed by atoms with Gasteiger partial charge in [-0.3, -0.25) is 10.6 Å². The zero-order valence-corrected chi connectivity index (χ0v) is 12.2. The third-order valence-electron chi connectivity index (χ3n) is 2.20. The number of carbonyl (C=O) groups excluding carboxylic acids is 3. The molecule has 0 rings (SSSR count). The van der Waals surface area contributed by atoms with Gasteiger partial charge in [0.1, 0.15) is 6.04 Å². The lowest BCUT2D eigenvalue weighted by Crippen LogP contribution is -2.42. The third kappa shape index (κ3) is 7.57. The van der Waals surface area contributed by atoms with Gasteiger partial charge in [0, 0.05) is 18.3 Å². The van der Waals surface area contributed by atoms with E-state index in [0.29, 0.717) is 0 Å². The number of methoxy groups -OCH3 is 3. The molecule has 0 radical (unpaired) electrons. The molecule has 0 fully saturated rings. The SMILES string of the molecule is COC(=O)N/C=C(/C[C@H](NC(=O)OC)C(=O)O)NC(=O)OC. The Kier molecular flexibility index (Phi) is 8.52. The van der Waals surface area contributed by atoms with Gasteiger partial charge in [0.15, 0.2) is 0 Å². The summed E-state index contributed by atoms with van der Waals surface area (Å²) >= 11 is 0. The Bertz CT molecular complexity index is 462. The van der Waals surface area contributed by atoms with Crippen molar-refractivity contribution >= 4 is 24.2 Å². The largest absolute Gasteiger partial charge is 0.480 e. The zero-order chi connectivity index (χ0) is 17.1. The number of hydrogen-bond donors (Lipinski definition) is 4. The lowest BCUT2D eigenvalue weighted by atomic mass is 10.1. The van der Waals surface area contributed by atoms with Gasteiger partial charge in [-0.05, 0) is 0 Å². The number of carboxylic acids is 1. The molecule has 124 valence electrons. The molecule has 0 aromatic rings. The number of ether oxygens (including phenoxy) is 3. The Labute approximate surface area is 125 Å². The van der Waals surface area contributed by atoms with Gasteiger partial charge in [-0.25, -0.2) is 19.2 Å². The molecule has 4 N–H and O–H groups in total. The molecule has 11 heteroatoms. The predicted molar refractivity (Wildman–Crippen MR) is 70.7 cm³/mol. The average molecular weight is 319 g/mol. The Balaban J connectivity index is 5.04. The molecule has 0 heterocycles. The molecule has 0 spiro atoms. The summed E-state index contributed by atoms with van der Waals surface area (Å²) in [6, 6.07) is -1.41. The van der Waals surface area contributed by atoms with Crippen molar-refractivity contribution in [3.8, 4) is 0 Å². The maximum absolute atomic E-state index is 11.2. The van der Waals surface area contributed by atoms with E-state index in [1.807, 2.05) is 0 Å². The van der Waals surface area contributed by atoms with Gasteiger partial charge in [-0.2, -0.15) is 0 Å². The van der Waals surface area contributed by atoms with Crippen LogP contribution in [0.1, 0.15) is 6.42 Å². The molecule has 0 saturated heterocycles. The van der Waals surface area contributed by atoms with E-state index in [-0.39, 0.29) is 12.1 Å². The molecule has 0 unspecified atom stereocenters. The minimum absolute atomic E-state index is 0.0407. The van der Waals surface area contributed by atoms with E-state index in [4.69, 9.17) is 5.11 Å². The van der Waals surface area contributed by atoms with Gasteiger partial charge in [0.2, 0.25) is 0 Å². The lowest BCUT2D eigenvalue weighted by Gasteiger charge is -2.16. The molecule has 0 bridgehead atoms. The highest BCUT2D eigenvalue weighted by Gasteiger charge is 2.23. The van der Waals surface area contributed by atoms with Gasteiger partial charge in [0.25, 0.3) is 0 Å². The van der Waals surface area contributed by atoms with E-state index in [0.717, 1.165) is 27.5 Å². The summed E-state index contributed by atoms with van der Waals surface area (Å²) in [5.41, 5.74) is -0.0407. The van der Waals surface area contributed by atoms with Crippen molar-refractivity contribution in [2.45, 2.75) is 12.5 Å². The zero-order valence-electron chi connectivity index (χ0n) is 12.2. The molecule has 1 atom stereocenters. The van der Waals surface area contributed by atoms with Crippen LogP contribution in [0, 0.1) is 0 Å². The van der Waals surface area contributed by atoms with Crippen LogP contribution in [-0.2, 0) is 19.0 Å². The van der Waals surface area contributed by atoms with E-state index in [1.54, 1.807) is 0 Å². The van der Waals surface area contributed by atoms with Gasteiger partial charge < -0.3 is 24.6 Å². The number of nitrogens with one attached hydrogen (secondary N) is 3. The normalized spacial score (nSPS) is 11.7. The molecule has 0 aromatic carbocycles. The van der Waals surface area contributed by atoms with Crippen molar-refractivity contribution in [1.82, 2.24) is 16.0 Å². The van der Waals surface area contributed by atoms with E-state index >= 15 is 0 Å². The molecule has 0 aliphatic heterocycles. The number of rotatable bonds is 6. The second-order valence-corrected chi connectivity index (χ2v) is 3.65. The van der Waals surface area contributed by atoms with Crippen molar-refractivity contribution in [1.29, 1.82) is 0 Å². The summed E-state index contributed by atoms with van der Waals surface area (Å²) < 4.78 is 13.0. The van der Waals surface area contributed by atoms with Gasteiger partial charge in [-0.1, -0.05) is 0 Å². The Morgan fingerprint density at radius 2 is 1.55 bits per heavy atom. The summed E-state index contributed by atoms with van der Waals surface area (Å²) in [7, 11) is 3.29. The first kappa shape index (κ1) is 19.0. The van der Waals surface area contributed by atoms with Crippen molar-refractivity contribution in [3.05, 3.63) is 11.9 Å². The first-order valence-corrected chi connectivity index (χ1v) is 5.79. The minimum atomic E-state index is -1.41. The average Bonchev–Trinajstić information content (AvgIpc) is 2.50. The quantitative estimate of drug-likeness (QED) is 0.488. The molecule has 22 heavy (non-hydrogen) atoms. The number of hydrogen-bond acceptors (Lipinski definition) is 7. The fourth-order valence-corrected chi connectivity index (χ4v) is 1.15. The van der Waals surface area contributed by atoms with Crippen molar-refractivity contribution < 1.29 is 38.5 Å². The molecule has 0 aliphatic rings. The monoisotopic (exact) mass is 319 g/mol. The smallest absolute Gasteiger partial charge is 0.411 e. The molecule has 0 aliphatic carbocycles. The highest BCUT2D eigenvalue weighted by Crippen LogP contribution is 2.04. The summed E-state index contributed by atoms with van der Waals surface area (Å²) in [6.07, 6.45) is -2.04. The van der Waals surface area contributed by atoms with Crippen LogP contribution in [0.15, 0.2) is 11.9 Å². The maximum Gasteiger partial charge on any atom is 0.411 e. The number of alkyl carbamates (subject to hydrolysis) is 3. The molecule has 0 aromatic heterocycles. The number of amides is 3. The van der Waals surface area contributed by atoms with Crippen LogP contribution in [0.4, 0.5) is 14.4 Å². The van der Waals surface area contributed by atoms with Gasteiger partial charge in [0.05, 0.1) is 21.3 Å². The highest BCUT2D eigenvalue weighted by atomic mass is 16.5. The highest BCUT2D eigenvalue weighted by molar-refractivity contribution is 5.80. The fraction of sp³-hybridized carbons (Fsp3) is 0.455. The fourth-order valence-electron chi connectivity index (χ4n) is 1.15. The summed E-state index contributed by atoms with van der Waals surface area (Å²) in [5, 5.41) is 15.4. The lowest BCUT2D eigenvalue weighted by molar-refractivity contribution is -0.139. The second-order valence-electron chi connectivity index (χ2n) is 3.65. The molecular formula is C11H17N3O8. The van der Waals surface area contributed by atoms with Crippen molar-refractivity contribution in [2.24, 2.45) is 0 Å². The van der Waals surface area contributed by atoms with Crippen LogP contribution in [0.25, 0.3) is 0 Å². The molecular weight excluding hydrogens is 302 g/mol. The van der Waals surface area contributed by atoms with E-state index in [1.165, 1.54) is 0 Å². The minimum Gasteiger partial charge on any atom is -0.480 e. The standard InChI is InChI=1S/C11H17N3O8/c1-20-9(17)12-5-6(13-10(18)21-2)4-7(8(15)16)14-11(19)22-3/h5,7H,4H2,1-3H3,(H,12,17)(H,13,18)(H,14,19)(H,15,16)/b6-5-/t7-/m0/s1. The van der Waals surface area contributed by atoms with Crippen molar-refractivity contribution in [2.75, 3.05) is 21.3 Å². The number of aliphatic carboxylic acids is 1. The Hall–Kier alpha value is -2.98. The molecule has 11 nitrogen and oxygen atoms in total.